The van der Waals surface area contributed by atoms with E-state index in [9.17, 15) is 0 Å². The van der Waals surface area contributed by atoms with Crippen molar-refractivity contribution in [3.8, 4) is 0 Å². The van der Waals surface area contributed by atoms with E-state index in [-0.39, 0.29) is 0 Å². The van der Waals surface area contributed by atoms with Gasteiger partial charge in [0.15, 0.2) is 0 Å². The molecule has 0 atom stereocenters. The fourth-order valence-corrected chi connectivity index (χ4v) is 4.37. The summed E-state index contributed by atoms with van der Waals surface area (Å²) in [6, 6.07) is 17.5. The molecule has 5 rings (SSSR count). The van der Waals surface area contributed by atoms with Crippen LogP contribution >= 0.6 is 0 Å². The number of aromatic nitrogens is 4. The highest BCUT2D eigenvalue weighted by molar-refractivity contribution is 5.78. The molecule has 0 saturated carbocycles. The minimum atomic E-state index is 0.993. The molecule has 5 heterocycles. The molecule has 0 aromatic carbocycles. The molecule has 8 bridgehead atoms. The molecule has 2 aliphatic rings. The third-order valence-electron chi connectivity index (χ3n) is 6.12. The molecule has 0 N–H and O–H groups in total. The van der Waals surface area contributed by atoms with E-state index in [0.717, 1.165) is 61.5 Å². The van der Waals surface area contributed by atoms with Crippen molar-refractivity contribution in [3.63, 3.8) is 0 Å². The molecule has 0 amide bonds. The van der Waals surface area contributed by atoms with Gasteiger partial charge in [0.25, 0.3) is 0 Å². The van der Waals surface area contributed by atoms with Crippen LogP contribution in [-0.2, 0) is 13.1 Å². The number of aryl methyl sites for hydroxylation is 2. The Morgan fingerprint density at radius 1 is 0.531 bits per heavy atom. The fourth-order valence-electron chi connectivity index (χ4n) is 4.37. The monoisotopic (exact) mass is 422 g/mol. The highest BCUT2D eigenvalue weighted by Gasteiger charge is 2.06. The average Bonchev–Trinajstić information content (AvgIpc) is 3.57. The van der Waals surface area contributed by atoms with Gasteiger partial charge < -0.3 is 9.13 Å². The predicted octanol–water partition coefficient (Wildman–Crippen LogP) is 7.20. The van der Waals surface area contributed by atoms with Crippen molar-refractivity contribution in [2.24, 2.45) is 0 Å². The summed E-state index contributed by atoms with van der Waals surface area (Å²) in [5, 5.41) is 0. The van der Waals surface area contributed by atoms with Gasteiger partial charge in [-0.15, -0.1) is 0 Å². The second-order valence-corrected chi connectivity index (χ2v) is 8.54. The summed E-state index contributed by atoms with van der Waals surface area (Å²) in [6.45, 7) is 6.45. The van der Waals surface area contributed by atoms with Gasteiger partial charge in [0.1, 0.15) is 0 Å². The largest absolute Gasteiger partial charge is 0.341 e. The van der Waals surface area contributed by atoms with Gasteiger partial charge in [-0.1, -0.05) is 26.7 Å². The van der Waals surface area contributed by atoms with E-state index in [0.29, 0.717) is 0 Å². The zero-order valence-electron chi connectivity index (χ0n) is 19.0. The number of nitrogens with zero attached hydrogens (tertiary/aromatic N) is 4. The molecule has 4 heteroatoms. The molecule has 0 fully saturated rings. The van der Waals surface area contributed by atoms with Crippen LogP contribution in [0.1, 0.15) is 62.3 Å². The third-order valence-corrected chi connectivity index (χ3v) is 6.12. The van der Waals surface area contributed by atoms with Gasteiger partial charge in [-0.25, -0.2) is 9.97 Å². The first kappa shape index (κ1) is 20.5. The number of rotatable bonds is 6. The van der Waals surface area contributed by atoms with Gasteiger partial charge in [0.05, 0.1) is 22.8 Å². The van der Waals surface area contributed by atoms with Gasteiger partial charge in [-0.05, 0) is 85.7 Å². The van der Waals surface area contributed by atoms with E-state index >= 15 is 0 Å². The maximum absolute atomic E-state index is 4.89. The van der Waals surface area contributed by atoms with Crippen molar-refractivity contribution in [3.05, 3.63) is 71.3 Å². The summed E-state index contributed by atoms with van der Waals surface area (Å²) < 4.78 is 4.76. The first-order valence-electron chi connectivity index (χ1n) is 11.8. The molecule has 0 radical (unpaired) electrons. The van der Waals surface area contributed by atoms with Gasteiger partial charge in [-0.2, -0.15) is 0 Å². The van der Waals surface area contributed by atoms with Crippen molar-refractivity contribution in [1.82, 2.24) is 19.1 Å². The summed E-state index contributed by atoms with van der Waals surface area (Å²) in [7, 11) is 0. The van der Waals surface area contributed by atoms with Crippen LogP contribution in [0.4, 0.5) is 0 Å². The molecule has 0 aliphatic carbocycles. The lowest BCUT2D eigenvalue weighted by Gasteiger charge is -2.05. The van der Waals surface area contributed by atoms with E-state index in [1.165, 1.54) is 22.1 Å². The Balaban J connectivity index is 1.79. The van der Waals surface area contributed by atoms with Crippen LogP contribution in [0.2, 0.25) is 0 Å². The lowest BCUT2D eigenvalue weighted by molar-refractivity contribution is 0.664. The first-order chi connectivity index (χ1) is 15.7. The Hall–Kier alpha value is -3.40. The molecule has 162 valence electrons. The normalized spacial score (nSPS) is 12.6. The van der Waals surface area contributed by atoms with Crippen LogP contribution in [0.3, 0.4) is 0 Å². The van der Waals surface area contributed by atoms with Crippen LogP contribution in [0.25, 0.3) is 46.4 Å². The van der Waals surface area contributed by atoms with E-state index in [4.69, 9.17) is 9.97 Å². The number of fused-ring (bicyclic) bond motifs is 8. The molecule has 32 heavy (non-hydrogen) atoms. The molecule has 2 aliphatic heterocycles. The minimum Gasteiger partial charge on any atom is -0.341 e. The lowest BCUT2D eigenvalue weighted by Crippen LogP contribution is -1.97. The smallest absolute Gasteiger partial charge is 0.0658 e. The lowest BCUT2D eigenvalue weighted by atomic mass is 10.3. The standard InChI is InChI=1S/C28H30N4/c1-3-5-15-31-25-11-12-26(31)18-22-8-10-24(30-22)20-28-14-13-27(32(28)16-6-4-2)19-23-9-7-21(17-25)29-23/h7-14,17-20H,3-6,15-16H2,1-2H3. The van der Waals surface area contributed by atoms with E-state index in [2.05, 4.69) is 95.8 Å². The van der Waals surface area contributed by atoms with Crippen LogP contribution in [0.15, 0.2) is 48.5 Å². The molecule has 3 aromatic heterocycles. The van der Waals surface area contributed by atoms with Gasteiger partial charge in [-0.3, -0.25) is 0 Å². The van der Waals surface area contributed by atoms with Crippen molar-refractivity contribution in [2.45, 2.75) is 52.6 Å². The van der Waals surface area contributed by atoms with Crippen LogP contribution in [0, 0.1) is 0 Å². The van der Waals surface area contributed by atoms with Crippen LogP contribution in [-0.4, -0.2) is 19.1 Å². The summed E-state index contributed by atoms with van der Waals surface area (Å²) >= 11 is 0. The molecule has 0 saturated heterocycles. The second kappa shape index (κ2) is 8.99. The molecule has 3 aromatic rings. The summed E-state index contributed by atoms with van der Waals surface area (Å²) in [5.74, 6) is 0. The molecular weight excluding hydrogens is 392 g/mol. The number of unbranched alkanes of at least 4 members (excludes halogenated alkanes) is 2. The highest BCUT2D eigenvalue weighted by Crippen LogP contribution is 2.21. The molecule has 0 unspecified atom stereocenters. The predicted molar refractivity (Wildman–Crippen MR) is 136 cm³/mol. The Kier molecular flexibility index (Phi) is 5.76. The van der Waals surface area contributed by atoms with Gasteiger partial charge in [0, 0.05) is 35.2 Å². The average molecular weight is 423 g/mol. The molecule has 4 nitrogen and oxygen atoms in total. The second-order valence-electron chi connectivity index (χ2n) is 8.54. The van der Waals surface area contributed by atoms with Gasteiger partial charge >= 0.3 is 0 Å². The quantitative estimate of drug-likeness (QED) is 0.290. The molecular formula is C28H30N4. The molecule has 0 spiro atoms. The maximum Gasteiger partial charge on any atom is 0.0658 e. The summed E-state index contributed by atoms with van der Waals surface area (Å²) in [5.41, 5.74) is 8.75. The zero-order valence-corrected chi connectivity index (χ0v) is 19.0. The summed E-state index contributed by atoms with van der Waals surface area (Å²) in [4.78, 5) is 9.78. The van der Waals surface area contributed by atoms with E-state index in [1.807, 2.05) is 0 Å². The number of hydrogen-bond donors (Lipinski definition) is 0. The topological polar surface area (TPSA) is 35.6 Å². The van der Waals surface area contributed by atoms with E-state index < -0.39 is 0 Å². The van der Waals surface area contributed by atoms with Crippen molar-refractivity contribution in [2.75, 3.05) is 0 Å². The fraction of sp³-hybridized carbons (Fsp3) is 0.286. The Morgan fingerprint density at radius 3 is 1.12 bits per heavy atom. The van der Waals surface area contributed by atoms with Crippen LogP contribution < -0.4 is 0 Å². The highest BCUT2D eigenvalue weighted by atomic mass is 15.0. The van der Waals surface area contributed by atoms with Gasteiger partial charge in [0.2, 0.25) is 0 Å². The zero-order chi connectivity index (χ0) is 21.9. The van der Waals surface area contributed by atoms with Crippen molar-refractivity contribution < 1.29 is 0 Å². The van der Waals surface area contributed by atoms with Crippen molar-refractivity contribution >= 4 is 46.4 Å². The minimum absolute atomic E-state index is 0.993. The summed E-state index contributed by atoms with van der Waals surface area (Å²) in [6.07, 6.45) is 13.1. The van der Waals surface area contributed by atoms with Crippen molar-refractivity contribution in [1.29, 1.82) is 0 Å². The number of hydrogen-bond acceptors (Lipinski definition) is 2. The van der Waals surface area contributed by atoms with Crippen LogP contribution in [0.5, 0.6) is 0 Å². The Morgan fingerprint density at radius 2 is 0.844 bits per heavy atom. The Labute approximate surface area is 189 Å². The maximum atomic E-state index is 4.89. The Bertz CT molecular complexity index is 1160. The first-order valence-corrected chi connectivity index (χ1v) is 11.8. The SMILES string of the molecule is CCCCn1c2ccc1cc1nc(cc3ccc(cc4nc(c2)C=C4)n3CCCC)C=C1. The van der Waals surface area contributed by atoms with E-state index in [1.54, 1.807) is 0 Å². The third kappa shape index (κ3) is 4.18.